The molecule has 0 radical (unpaired) electrons. The van der Waals surface area contributed by atoms with Gasteiger partial charge in [0.05, 0.1) is 0 Å². The van der Waals surface area contributed by atoms with E-state index >= 15 is 0 Å². The van der Waals surface area contributed by atoms with Gasteiger partial charge in [-0.1, -0.05) is 0 Å². The summed E-state index contributed by atoms with van der Waals surface area (Å²) in [5.41, 5.74) is 2.04. The fourth-order valence-electron chi connectivity index (χ4n) is 1.49. The minimum Gasteiger partial charge on any atom is -0.350 e. The van der Waals surface area contributed by atoms with Gasteiger partial charge in [0.15, 0.2) is 6.04 Å². The van der Waals surface area contributed by atoms with Crippen molar-refractivity contribution in [1.29, 1.82) is 0 Å². The fraction of sp³-hybridized carbons (Fsp3) is 1.00. The summed E-state index contributed by atoms with van der Waals surface area (Å²) in [5, 5.41) is 0. The first-order valence-electron chi connectivity index (χ1n) is 6.24. The van der Waals surface area contributed by atoms with Gasteiger partial charge < -0.3 is 5.73 Å². The molecule has 0 heterocycles. The summed E-state index contributed by atoms with van der Waals surface area (Å²) < 4.78 is 217. The maximum atomic E-state index is 13.2. The van der Waals surface area contributed by atoms with Gasteiger partial charge >= 0.3 is 47.6 Å². The quantitative estimate of drug-likeness (QED) is 0.533. The standard InChI is InChI=1S/C10H6F17N/c1-2(28)3(11,12)4(13,14)5(15,16)6(17,18)7(19,20)8(21,22)9(23,24)10(25,26)27/h2H,28H2,1H3/p+1. The highest BCUT2D eigenvalue weighted by molar-refractivity contribution is 5.15. The Balaban J connectivity index is 6.72. The third kappa shape index (κ3) is 3.05. The Morgan fingerprint density at radius 3 is 0.857 bits per heavy atom. The van der Waals surface area contributed by atoms with Crippen molar-refractivity contribution in [2.24, 2.45) is 0 Å². The van der Waals surface area contributed by atoms with Crippen LogP contribution in [0.5, 0.6) is 0 Å². The van der Waals surface area contributed by atoms with Crippen molar-refractivity contribution < 1.29 is 80.4 Å². The highest BCUT2D eigenvalue weighted by atomic mass is 19.4. The van der Waals surface area contributed by atoms with Gasteiger partial charge in [0, 0.05) is 0 Å². The Morgan fingerprint density at radius 2 is 0.643 bits per heavy atom. The molecule has 0 aromatic carbocycles. The number of rotatable bonds is 7. The summed E-state index contributed by atoms with van der Waals surface area (Å²) in [6, 6.07) is -3.27. The first-order valence-corrected chi connectivity index (χ1v) is 6.24. The molecule has 3 N–H and O–H groups in total. The topological polar surface area (TPSA) is 27.6 Å². The van der Waals surface area contributed by atoms with Crippen LogP contribution in [0.4, 0.5) is 74.6 Å². The summed E-state index contributed by atoms with van der Waals surface area (Å²) in [6.45, 7) is -0.132. The van der Waals surface area contributed by atoms with E-state index in [9.17, 15) is 74.6 Å². The molecule has 0 aromatic heterocycles. The zero-order chi connectivity index (χ0) is 23.6. The van der Waals surface area contributed by atoms with E-state index in [1.54, 1.807) is 0 Å². The number of hydrogen-bond donors (Lipinski definition) is 1. The molecule has 0 rings (SSSR count). The largest absolute Gasteiger partial charge is 0.460 e. The molecule has 18 heteroatoms. The Hall–Kier alpha value is -1.23. The molecule has 0 aliphatic carbocycles. The second kappa shape index (κ2) is 6.38. The molecule has 0 aromatic rings. The van der Waals surface area contributed by atoms with Crippen LogP contribution >= 0.6 is 0 Å². The van der Waals surface area contributed by atoms with E-state index in [1.807, 2.05) is 5.73 Å². The zero-order valence-electron chi connectivity index (χ0n) is 12.7. The predicted octanol–water partition coefficient (Wildman–Crippen LogP) is 4.63. The summed E-state index contributed by atoms with van der Waals surface area (Å²) in [5.74, 6) is -56.0. The number of hydrogen-bond acceptors (Lipinski definition) is 0. The van der Waals surface area contributed by atoms with Crippen molar-refractivity contribution in [2.45, 2.75) is 60.6 Å². The minimum atomic E-state index is -8.59. The Bertz CT molecular complexity index is 571. The van der Waals surface area contributed by atoms with Crippen LogP contribution in [0.2, 0.25) is 0 Å². The van der Waals surface area contributed by atoms with E-state index in [2.05, 4.69) is 0 Å². The average Bonchev–Trinajstić information content (AvgIpc) is 2.44. The summed E-state index contributed by atoms with van der Waals surface area (Å²) >= 11 is 0. The number of quaternary nitrogens is 1. The lowest BCUT2D eigenvalue weighted by atomic mass is 9.87. The lowest BCUT2D eigenvalue weighted by molar-refractivity contribution is -0.503. The van der Waals surface area contributed by atoms with Gasteiger partial charge in [0.25, 0.3) is 0 Å². The molecule has 0 amide bonds. The molecular formula is C10H7F17N+. The van der Waals surface area contributed by atoms with E-state index in [1.165, 1.54) is 0 Å². The van der Waals surface area contributed by atoms with E-state index in [0.717, 1.165) is 0 Å². The zero-order valence-corrected chi connectivity index (χ0v) is 12.7. The minimum absolute atomic E-state index is 0.132. The molecule has 0 saturated heterocycles. The smallest absolute Gasteiger partial charge is 0.350 e. The highest BCUT2D eigenvalue weighted by Crippen LogP contribution is 2.64. The van der Waals surface area contributed by atoms with Crippen LogP contribution < -0.4 is 5.73 Å². The van der Waals surface area contributed by atoms with Crippen LogP contribution in [0.25, 0.3) is 0 Å². The maximum absolute atomic E-state index is 13.2. The van der Waals surface area contributed by atoms with Gasteiger partial charge in [-0.3, -0.25) is 0 Å². The maximum Gasteiger partial charge on any atom is 0.460 e. The molecule has 1 unspecified atom stereocenters. The van der Waals surface area contributed by atoms with Crippen LogP contribution in [0.1, 0.15) is 6.92 Å². The van der Waals surface area contributed by atoms with Gasteiger partial charge in [0.2, 0.25) is 0 Å². The number of alkyl halides is 17. The van der Waals surface area contributed by atoms with Crippen molar-refractivity contribution in [3.05, 3.63) is 0 Å². The molecule has 170 valence electrons. The summed E-state index contributed by atoms with van der Waals surface area (Å²) in [6.07, 6.45) is -7.75. The monoisotopic (exact) mass is 464 g/mol. The molecule has 0 fully saturated rings. The van der Waals surface area contributed by atoms with Crippen molar-refractivity contribution in [2.75, 3.05) is 0 Å². The molecule has 1 nitrogen and oxygen atoms in total. The van der Waals surface area contributed by atoms with E-state index in [-0.39, 0.29) is 6.92 Å². The lowest BCUT2D eigenvalue weighted by Crippen LogP contribution is -2.79. The Labute approximate surface area is 142 Å². The fourth-order valence-corrected chi connectivity index (χ4v) is 1.49. The average molecular weight is 464 g/mol. The molecule has 0 spiro atoms. The van der Waals surface area contributed by atoms with E-state index < -0.39 is 53.7 Å². The highest BCUT2D eigenvalue weighted by Gasteiger charge is 2.95. The first-order chi connectivity index (χ1) is 11.7. The van der Waals surface area contributed by atoms with Gasteiger partial charge in [-0.15, -0.1) is 0 Å². The first kappa shape index (κ1) is 26.8. The van der Waals surface area contributed by atoms with Gasteiger partial charge in [0.1, 0.15) is 0 Å². The molecule has 0 saturated carbocycles. The third-order valence-corrected chi connectivity index (χ3v) is 3.37. The van der Waals surface area contributed by atoms with E-state index in [4.69, 9.17) is 0 Å². The normalized spacial score (nSPS) is 17.7. The molecule has 28 heavy (non-hydrogen) atoms. The predicted molar refractivity (Wildman–Crippen MR) is 53.0 cm³/mol. The number of halogens is 17. The van der Waals surface area contributed by atoms with Crippen LogP contribution in [0.15, 0.2) is 0 Å². The molecule has 0 bridgehead atoms. The van der Waals surface area contributed by atoms with Crippen LogP contribution in [-0.4, -0.2) is 53.7 Å². The second-order valence-electron chi connectivity index (χ2n) is 5.47. The molecule has 0 aliphatic rings. The Morgan fingerprint density at radius 1 is 0.429 bits per heavy atom. The molecular weight excluding hydrogens is 457 g/mol. The van der Waals surface area contributed by atoms with Crippen molar-refractivity contribution in [3.63, 3.8) is 0 Å². The Kier molecular flexibility index (Phi) is 6.10. The van der Waals surface area contributed by atoms with Gasteiger partial charge in [-0.05, 0) is 6.92 Å². The SMILES string of the molecule is CC([NH3+])C(F)(F)C(F)(F)C(F)(F)C(F)(F)C(F)(F)C(F)(F)C(F)(F)C(F)(F)F. The molecule has 0 aliphatic heterocycles. The summed E-state index contributed by atoms with van der Waals surface area (Å²) in [7, 11) is 0. The van der Waals surface area contributed by atoms with E-state index in [0.29, 0.717) is 0 Å². The lowest BCUT2D eigenvalue weighted by Gasteiger charge is -2.42. The van der Waals surface area contributed by atoms with Crippen molar-refractivity contribution >= 4 is 0 Å². The van der Waals surface area contributed by atoms with Gasteiger partial charge in [-0.25, -0.2) is 0 Å². The second-order valence-corrected chi connectivity index (χ2v) is 5.47. The van der Waals surface area contributed by atoms with Crippen molar-refractivity contribution in [1.82, 2.24) is 0 Å². The van der Waals surface area contributed by atoms with Crippen LogP contribution in [0, 0.1) is 0 Å². The van der Waals surface area contributed by atoms with Crippen LogP contribution in [-0.2, 0) is 0 Å². The third-order valence-electron chi connectivity index (χ3n) is 3.37. The molecule has 1 atom stereocenters. The van der Waals surface area contributed by atoms with Crippen molar-refractivity contribution in [3.8, 4) is 0 Å². The van der Waals surface area contributed by atoms with Crippen LogP contribution in [0.3, 0.4) is 0 Å². The van der Waals surface area contributed by atoms with Gasteiger partial charge in [-0.2, -0.15) is 74.6 Å². The summed E-state index contributed by atoms with van der Waals surface area (Å²) in [4.78, 5) is 0.